The average molecular weight is 427 g/mol. The van der Waals surface area contributed by atoms with E-state index in [4.69, 9.17) is 4.74 Å². The van der Waals surface area contributed by atoms with Gasteiger partial charge in [-0.05, 0) is 87.1 Å². The van der Waals surface area contributed by atoms with Crippen LogP contribution in [0.15, 0.2) is 18.2 Å². The monoisotopic (exact) mass is 426 g/mol. The first-order chi connectivity index (χ1) is 14.9. The van der Waals surface area contributed by atoms with Gasteiger partial charge in [-0.15, -0.1) is 0 Å². The molecule has 0 unspecified atom stereocenters. The molecule has 4 aliphatic rings. The predicted octanol–water partition coefficient (Wildman–Crippen LogP) is 3.42. The maximum Gasteiger partial charge on any atom is 0.222 e. The molecule has 0 aromatic heterocycles. The van der Waals surface area contributed by atoms with Gasteiger partial charge in [0.25, 0.3) is 0 Å². The van der Waals surface area contributed by atoms with Gasteiger partial charge in [-0.1, -0.05) is 19.9 Å². The van der Waals surface area contributed by atoms with Crippen molar-refractivity contribution >= 4 is 5.91 Å². The van der Waals surface area contributed by atoms with Gasteiger partial charge < -0.3 is 15.2 Å². The Hall–Kier alpha value is -1.59. The van der Waals surface area contributed by atoms with Crippen LogP contribution in [0.1, 0.15) is 69.9 Å². The van der Waals surface area contributed by atoms with Crippen LogP contribution in [0.3, 0.4) is 0 Å². The lowest BCUT2D eigenvalue weighted by Gasteiger charge is -2.60. The normalized spacial score (nSPS) is 35.1. The fourth-order valence-corrected chi connectivity index (χ4v) is 6.80. The van der Waals surface area contributed by atoms with E-state index in [0.717, 1.165) is 56.9 Å². The van der Waals surface area contributed by atoms with Gasteiger partial charge in [0, 0.05) is 30.0 Å². The molecule has 5 nitrogen and oxygen atoms in total. The second-order valence-corrected chi connectivity index (χ2v) is 10.9. The van der Waals surface area contributed by atoms with Crippen molar-refractivity contribution < 1.29 is 14.6 Å². The van der Waals surface area contributed by atoms with Crippen LogP contribution in [0.25, 0.3) is 0 Å². The van der Waals surface area contributed by atoms with E-state index in [9.17, 15) is 9.90 Å². The van der Waals surface area contributed by atoms with Crippen molar-refractivity contribution in [1.29, 1.82) is 0 Å². The Balaban J connectivity index is 1.56. The van der Waals surface area contributed by atoms with Crippen molar-refractivity contribution in [3.8, 4) is 5.75 Å². The molecule has 5 heteroatoms. The summed E-state index contributed by atoms with van der Waals surface area (Å²) in [5.74, 6) is 1.74. The Kier molecular flexibility index (Phi) is 5.33. The quantitative estimate of drug-likeness (QED) is 0.757. The highest BCUT2D eigenvalue weighted by Gasteiger charge is 2.63. The van der Waals surface area contributed by atoms with E-state index < -0.39 is 5.60 Å². The molecule has 2 saturated carbocycles. The number of methoxy groups -OCH3 is 1. The van der Waals surface area contributed by atoms with Gasteiger partial charge in [0.1, 0.15) is 5.75 Å². The van der Waals surface area contributed by atoms with Crippen LogP contribution in [0.5, 0.6) is 5.75 Å². The van der Waals surface area contributed by atoms with Crippen LogP contribution in [0, 0.1) is 11.8 Å². The van der Waals surface area contributed by atoms with Gasteiger partial charge in [0.05, 0.1) is 12.7 Å². The predicted molar refractivity (Wildman–Crippen MR) is 121 cm³/mol. The molecule has 4 atom stereocenters. The standard InChI is InChI=1S/C26H38N2O3/c1-17(2)24(29)27-20-9-11-25-10-4-12-28(16-18-5-6-18)23(26(25,30)15-20)13-19-7-8-21(31-3)14-22(19)25/h7-8,14,17-18,20,23,30H,4-6,9-13,15-16H2,1-3H3,(H,27,29)/t20-,23+,25+,26+/m0/s1. The number of rotatable bonds is 5. The molecule has 0 spiro atoms. The van der Waals surface area contributed by atoms with Crippen molar-refractivity contribution in [3.63, 3.8) is 0 Å². The number of hydrogen-bond donors (Lipinski definition) is 2. The summed E-state index contributed by atoms with van der Waals surface area (Å²) in [5.41, 5.74) is 1.59. The highest BCUT2D eigenvalue weighted by atomic mass is 16.5. The van der Waals surface area contributed by atoms with E-state index >= 15 is 0 Å². The fraction of sp³-hybridized carbons (Fsp3) is 0.731. The first kappa shape index (κ1) is 21.3. The molecule has 1 aliphatic heterocycles. The highest BCUT2D eigenvalue weighted by Crippen LogP contribution is 2.58. The summed E-state index contributed by atoms with van der Waals surface area (Å²) in [5, 5.41) is 15.9. The number of carbonyl (C=O) groups excluding carboxylic acids is 1. The number of aliphatic hydroxyl groups is 1. The summed E-state index contributed by atoms with van der Waals surface area (Å²) < 4.78 is 5.59. The van der Waals surface area contributed by atoms with E-state index in [1.807, 2.05) is 13.8 Å². The lowest BCUT2D eigenvalue weighted by molar-refractivity contribution is -0.140. The van der Waals surface area contributed by atoms with E-state index in [1.54, 1.807) is 7.11 Å². The molecule has 170 valence electrons. The van der Waals surface area contributed by atoms with Crippen molar-refractivity contribution in [1.82, 2.24) is 10.2 Å². The van der Waals surface area contributed by atoms with Crippen molar-refractivity contribution in [3.05, 3.63) is 29.3 Å². The van der Waals surface area contributed by atoms with Crippen LogP contribution in [0.4, 0.5) is 0 Å². The number of fused-ring (bicyclic) bond motifs is 1. The summed E-state index contributed by atoms with van der Waals surface area (Å²) in [6.45, 7) is 6.06. The second kappa shape index (κ2) is 7.77. The number of nitrogens with zero attached hydrogens (tertiary/aromatic N) is 1. The Morgan fingerprint density at radius 1 is 1.29 bits per heavy atom. The number of benzene rings is 1. The minimum Gasteiger partial charge on any atom is -0.497 e. The van der Waals surface area contributed by atoms with Crippen LogP contribution in [-0.4, -0.2) is 53.8 Å². The third kappa shape index (κ3) is 3.48. The van der Waals surface area contributed by atoms with Crippen LogP contribution in [-0.2, 0) is 16.6 Å². The molecule has 1 aromatic rings. The Morgan fingerprint density at radius 3 is 2.81 bits per heavy atom. The molecule has 1 saturated heterocycles. The number of carbonyl (C=O) groups is 1. The molecule has 5 rings (SSSR count). The van der Waals surface area contributed by atoms with Crippen molar-refractivity contribution in [2.45, 2.75) is 88.3 Å². The maximum absolute atomic E-state index is 12.6. The summed E-state index contributed by atoms with van der Waals surface area (Å²) >= 11 is 0. The Bertz CT molecular complexity index is 851. The van der Waals surface area contributed by atoms with Crippen LogP contribution < -0.4 is 10.1 Å². The SMILES string of the molecule is COc1ccc2c(c1)[C@]13CCCN(CC4CC4)[C@H](C2)[C@]1(O)C[C@@H](NC(=O)C(C)C)CC3. The number of likely N-dealkylation sites (tertiary alicyclic amines) is 1. The zero-order valence-corrected chi connectivity index (χ0v) is 19.3. The molecular formula is C26H38N2O3. The average Bonchev–Trinajstić information content (AvgIpc) is 3.56. The van der Waals surface area contributed by atoms with Gasteiger partial charge in [0.2, 0.25) is 5.91 Å². The van der Waals surface area contributed by atoms with Gasteiger partial charge in [-0.25, -0.2) is 0 Å². The summed E-state index contributed by atoms with van der Waals surface area (Å²) in [6.07, 6.45) is 8.15. The molecule has 2 bridgehead atoms. The van der Waals surface area contributed by atoms with E-state index in [1.165, 1.54) is 24.0 Å². The summed E-state index contributed by atoms with van der Waals surface area (Å²) in [6, 6.07) is 6.67. The van der Waals surface area contributed by atoms with E-state index in [-0.39, 0.29) is 29.3 Å². The summed E-state index contributed by atoms with van der Waals surface area (Å²) in [7, 11) is 1.72. The van der Waals surface area contributed by atoms with Crippen molar-refractivity contribution in [2.24, 2.45) is 11.8 Å². The zero-order chi connectivity index (χ0) is 21.8. The second-order valence-electron chi connectivity index (χ2n) is 10.9. The molecule has 3 aliphatic carbocycles. The largest absolute Gasteiger partial charge is 0.497 e. The zero-order valence-electron chi connectivity index (χ0n) is 19.3. The topological polar surface area (TPSA) is 61.8 Å². The maximum atomic E-state index is 12.6. The first-order valence-electron chi connectivity index (χ1n) is 12.3. The van der Waals surface area contributed by atoms with Gasteiger partial charge in [0.15, 0.2) is 0 Å². The Morgan fingerprint density at radius 2 is 2.10 bits per heavy atom. The first-order valence-corrected chi connectivity index (χ1v) is 12.3. The number of amides is 1. The molecule has 31 heavy (non-hydrogen) atoms. The summed E-state index contributed by atoms with van der Waals surface area (Å²) in [4.78, 5) is 15.1. The molecule has 1 amide bonds. The molecular weight excluding hydrogens is 388 g/mol. The molecule has 1 heterocycles. The minimum absolute atomic E-state index is 0.0319. The van der Waals surface area contributed by atoms with Gasteiger partial charge in [-0.3, -0.25) is 9.69 Å². The smallest absolute Gasteiger partial charge is 0.222 e. The van der Waals surface area contributed by atoms with Gasteiger partial charge in [-0.2, -0.15) is 0 Å². The highest BCUT2D eigenvalue weighted by molar-refractivity contribution is 5.78. The fourth-order valence-electron chi connectivity index (χ4n) is 6.80. The number of hydrogen-bond acceptors (Lipinski definition) is 4. The number of ether oxygens (including phenoxy) is 1. The molecule has 2 N–H and O–H groups in total. The van der Waals surface area contributed by atoms with E-state index in [2.05, 4.69) is 28.4 Å². The van der Waals surface area contributed by atoms with Gasteiger partial charge >= 0.3 is 0 Å². The Labute approximate surface area is 186 Å². The molecule has 0 radical (unpaired) electrons. The lowest BCUT2D eigenvalue weighted by Crippen LogP contribution is -2.69. The van der Waals surface area contributed by atoms with Crippen LogP contribution in [0.2, 0.25) is 0 Å². The third-order valence-corrected chi connectivity index (χ3v) is 8.65. The van der Waals surface area contributed by atoms with Crippen LogP contribution >= 0.6 is 0 Å². The lowest BCUT2D eigenvalue weighted by atomic mass is 9.51. The molecule has 1 aromatic carbocycles. The van der Waals surface area contributed by atoms with E-state index in [0.29, 0.717) is 6.42 Å². The number of nitrogens with one attached hydrogen (secondary N) is 1. The molecule has 3 fully saturated rings. The van der Waals surface area contributed by atoms with Crippen molar-refractivity contribution in [2.75, 3.05) is 20.2 Å². The third-order valence-electron chi connectivity index (χ3n) is 8.65. The minimum atomic E-state index is -0.828.